The van der Waals surface area contributed by atoms with Crippen molar-refractivity contribution in [3.63, 3.8) is 0 Å². The van der Waals surface area contributed by atoms with E-state index in [9.17, 15) is 14.4 Å². The lowest BCUT2D eigenvalue weighted by Crippen LogP contribution is -2.08. The lowest BCUT2D eigenvalue weighted by atomic mass is 10.0. The maximum atomic E-state index is 12.1. The average Bonchev–Trinajstić information content (AvgIpc) is 2.61. The predicted octanol–water partition coefficient (Wildman–Crippen LogP) is 2.61. The van der Waals surface area contributed by atoms with E-state index in [-0.39, 0.29) is 18.6 Å². The van der Waals surface area contributed by atoms with E-state index >= 15 is 0 Å². The van der Waals surface area contributed by atoms with Gasteiger partial charge in [-0.25, -0.2) is 9.59 Å². The molecule has 0 N–H and O–H groups in total. The SMILES string of the molecule is COC(=O)c1ccc(CC(=O)Cc2ccc(C(=O)OC)cc2)cc1. The maximum Gasteiger partial charge on any atom is 0.337 e. The van der Waals surface area contributed by atoms with E-state index in [0.29, 0.717) is 11.1 Å². The zero-order valence-electron chi connectivity index (χ0n) is 13.6. The van der Waals surface area contributed by atoms with Crippen LogP contribution in [0.3, 0.4) is 0 Å². The Morgan fingerprint density at radius 1 is 0.667 bits per heavy atom. The zero-order chi connectivity index (χ0) is 17.5. The quantitative estimate of drug-likeness (QED) is 0.763. The van der Waals surface area contributed by atoms with Crippen LogP contribution in [0.15, 0.2) is 48.5 Å². The summed E-state index contributed by atoms with van der Waals surface area (Å²) in [4.78, 5) is 34.9. The van der Waals surface area contributed by atoms with Gasteiger partial charge in [0.05, 0.1) is 25.3 Å². The molecule has 0 saturated heterocycles. The van der Waals surface area contributed by atoms with Crippen LogP contribution < -0.4 is 0 Å². The summed E-state index contributed by atoms with van der Waals surface area (Å²) in [6.45, 7) is 0. The molecule has 0 amide bonds. The third kappa shape index (κ3) is 4.52. The van der Waals surface area contributed by atoms with Crippen LogP contribution in [-0.4, -0.2) is 31.9 Å². The Bertz CT molecular complexity index is 666. The molecule has 0 aliphatic rings. The van der Waals surface area contributed by atoms with Gasteiger partial charge in [0.1, 0.15) is 5.78 Å². The molecule has 0 unspecified atom stereocenters. The van der Waals surface area contributed by atoms with Crippen molar-refractivity contribution in [3.8, 4) is 0 Å². The molecule has 24 heavy (non-hydrogen) atoms. The van der Waals surface area contributed by atoms with Crippen molar-refractivity contribution < 1.29 is 23.9 Å². The highest BCUT2D eigenvalue weighted by Crippen LogP contribution is 2.10. The van der Waals surface area contributed by atoms with E-state index in [1.165, 1.54) is 14.2 Å². The molecule has 0 aliphatic heterocycles. The maximum absolute atomic E-state index is 12.1. The highest BCUT2D eigenvalue weighted by atomic mass is 16.5. The molecule has 0 aromatic heterocycles. The molecular weight excluding hydrogens is 308 g/mol. The molecular formula is C19H18O5. The van der Waals surface area contributed by atoms with Crippen LogP contribution in [0.5, 0.6) is 0 Å². The van der Waals surface area contributed by atoms with Crippen LogP contribution in [0, 0.1) is 0 Å². The standard InChI is InChI=1S/C19H18O5/c1-23-18(21)15-7-3-13(4-8-15)11-17(20)12-14-5-9-16(10-6-14)19(22)24-2/h3-10H,11-12H2,1-2H3. The topological polar surface area (TPSA) is 69.7 Å². The highest BCUT2D eigenvalue weighted by molar-refractivity contribution is 5.90. The first-order chi connectivity index (χ1) is 11.5. The van der Waals surface area contributed by atoms with Gasteiger partial charge in [0.2, 0.25) is 0 Å². The lowest BCUT2D eigenvalue weighted by molar-refractivity contribution is -0.117. The molecule has 0 fully saturated rings. The number of ketones is 1. The van der Waals surface area contributed by atoms with Gasteiger partial charge in [-0.05, 0) is 35.4 Å². The Labute approximate surface area is 140 Å². The van der Waals surface area contributed by atoms with Gasteiger partial charge in [-0.2, -0.15) is 0 Å². The fourth-order valence-electron chi connectivity index (χ4n) is 2.27. The number of esters is 2. The third-order valence-corrected chi connectivity index (χ3v) is 3.55. The summed E-state index contributed by atoms with van der Waals surface area (Å²) in [5.74, 6) is -0.760. The number of benzene rings is 2. The number of hydrogen-bond donors (Lipinski definition) is 0. The fraction of sp³-hybridized carbons (Fsp3) is 0.211. The van der Waals surface area contributed by atoms with Gasteiger partial charge in [0.25, 0.3) is 0 Å². The van der Waals surface area contributed by atoms with Crippen molar-refractivity contribution in [3.05, 3.63) is 70.8 Å². The predicted molar refractivity (Wildman–Crippen MR) is 88.0 cm³/mol. The molecule has 0 heterocycles. The van der Waals surface area contributed by atoms with Crippen LogP contribution in [0.25, 0.3) is 0 Å². The summed E-state index contributed by atoms with van der Waals surface area (Å²) in [5, 5.41) is 0. The van der Waals surface area contributed by atoms with Gasteiger partial charge < -0.3 is 9.47 Å². The second kappa shape index (κ2) is 8.06. The second-order valence-corrected chi connectivity index (χ2v) is 5.27. The van der Waals surface area contributed by atoms with Crippen LogP contribution in [0.2, 0.25) is 0 Å². The van der Waals surface area contributed by atoms with E-state index < -0.39 is 11.9 Å². The Hall–Kier alpha value is -2.95. The van der Waals surface area contributed by atoms with E-state index in [4.69, 9.17) is 0 Å². The molecule has 0 atom stereocenters. The lowest BCUT2D eigenvalue weighted by Gasteiger charge is -2.05. The zero-order valence-corrected chi connectivity index (χ0v) is 13.6. The molecule has 124 valence electrons. The molecule has 0 aliphatic carbocycles. The Morgan fingerprint density at radius 3 is 1.29 bits per heavy atom. The minimum absolute atomic E-state index is 0.0478. The fourth-order valence-corrected chi connectivity index (χ4v) is 2.27. The van der Waals surface area contributed by atoms with Crippen molar-refractivity contribution in [2.45, 2.75) is 12.8 Å². The van der Waals surface area contributed by atoms with E-state index in [2.05, 4.69) is 9.47 Å². The van der Waals surface area contributed by atoms with Gasteiger partial charge in [-0.1, -0.05) is 24.3 Å². The Balaban J connectivity index is 1.95. The van der Waals surface area contributed by atoms with E-state index in [0.717, 1.165) is 11.1 Å². The van der Waals surface area contributed by atoms with Gasteiger partial charge >= 0.3 is 11.9 Å². The molecule has 0 spiro atoms. The normalized spacial score (nSPS) is 10.1. The molecule has 5 heteroatoms. The van der Waals surface area contributed by atoms with Crippen LogP contribution in [0.4, 0.5) is 0 Å². The molecule has 5 nitrogen and oxygen atoms in total. The molecule has 2 aromatic rings. The summed E-state index contributed by atoms with van der Waals surface area (Å²) in [6, 6.07) is 13.5. The van der Waals surface area contributed by atoms with E-state index in [1.54, 1.807) is 48.5 Å². The first-order valence-electron chi connectivity index (χ1n) is 7.39. The van der Waals surface area contributed by atoms with Crippen LogP contribution >= 0.6 is 0 Å². The number of carbonyl (C=O) groups excluding carboxylic acids is 3. The number of Topliss-reactive ketones (excluding diaryl/α,β-unsaturated/α-hetero) is 1. The van der Waals surface area contributed by atoms with Crippen molar-refractivity contribution in [1.82, 2.24) is 0 Å². The van der Waals surface area contributed by atoms with Crippen molar-refractivity contribution in [2.24, 2.45) is 0 Å². The summed E-state index contributed by atoms with van der Waals surface area (Å²) in [6.07, 6.45) is 0.556. The van der Waals surface area contributed by atoms with Gasteiger partial charge in [-0.3, -0.25) is 4.79 Å². The Morgan fingerprint density at radius 2 is 1.00 bits per heavy atom. The first-order valence-corrected chi connectivity index (χ1v) is 7.39. The molecule has 2 rings (SSSR count). The highest BCUT2D eigenvalue weighted by Gasteiger charge is 2.09. The molecule has 0 radical (unpaired) electrons. The minimum atomic E-state index is -0.404. The Kier molecular flexibility index (Phi) is 5.84. The summed E-state index contributed by atoms with van der Waals surface area (Å²) < 4.78 is 9.26. The number of carbonyl (C=O) groups is 3. The second-order valence-electron chi connectivity index (χ2n) is 5.27. The smallest absolute Gasteiger partial charge is 0.337 e. The monoisotopic (exact) mass is 326 g/mol. The third-order valence-electron chi connectivity index (χ3n) is 3.55. The first kappa shape index (κ1) is 17.4. The van der Waals surface area contributed by atoms with E-state index in [1.807, 2.05) is 0 Å². The van der Waals surface area contributed by atoms with Gasteiger partial charge in [0, 0.05) is 12.8 Å². The van der Waals surface area contributed by atoms with Crippen molar-refractivity contribution in [2.75, 3.05) is 14.2 Å². The number of rotatable bonds is 6. The molecule has 0 saturated carbocycles. The van der Waals surface area contributed by atoms with Crippen LogP contribution in [0.1, 0.15) is 31.8 Å². The van der Waals surface area contributed by atoms with Crippen molar-refractivity contribution >= 4 is 17.7 Å². The number of hydrogen-bond acceptors (Lipinski definition) is 5. The number of methoxy groups -OCH3 is 2. The summed E-state index contributed by atoms with van der Waals surface area (Å²) >= 11 is 0. The summed E-state index contributed by atoms with van der Waals surface area (Å²) in [5.41, 5.74) is 2.57. The average molecular weight is 326 g/mol. The van der Waals surface area contributed by atoms with Gasteiger partial charge in [-0.15, -0.1) is 0 Å². The van der Waals surface area contributed by atoms with Gasteiger partial charge in [0.15, 0.2) is 0 Å². The molecule has 2 aromatic carbocycles. The molecule has 0 bridgehead atoms. The largest absolute Gasteiger partial charge is 0.465 e. The minimum Gasteiger partial charge on any atom is -0.465 e. The summed E-state index contributed by atoms with van der Waals surface area (Å²) in [7, 11) is 2.65. The number of ether oxygens (including phenoxy) is 2. The van der Waals surface area contributed by atoms with Crippen LogP contribution in [-0.2, 0) is 27.1 Å². The van der Waals surface area contributed by atoms with Crippen molar-refractivity contribution in [1.29, 1.82) is 0 Å².